The SMILES string of the molecule is Cc1cc(COc2ccc3c(c2C)OCCC3=O)cc(C)n1.NC(=O)c1ccccc1. The Kier molecular flexibility index (Phi) is 7.03. The standard InChI is InChI=1S/C18H19NO3.C7H7NO/c1-11-8-14(9-12(2)19-11)10-22-17-5-4-15-16(20)6-7-21-18(15)13(17)3;8-7(9)6-4-2-1-3-5-6/h4-5,8-9H,6-7,10H2,1-3H3;1-5H,(H2,8,9). The van der Waals surface area contributed by atoms with E-state index in [1.165, 1.54) is 0 Å². The van der Waals surface area contributed by atoms with Crippen LogP contribution in [0.15, 0.2) is 54.6 Å². The maximum absolute atomic E-state index is 11.9. The van der Waals surface area contributed by atoms with E-state index < -0.39 is 0 Å². The summed E-state index contributed by atoms with van der Waals surface area (Å²) in [6.07, 6.45) is 0.447. The second kappa shape index (κ2) is 9.89. The van der Waals surface area contributed by atoms with E-state index in [9.17, 15) is 9.59 Å². The normalized spacial score (nSPS) is 12.2. The molecule has 6 nitrogen and oxygen atoms in total. The van der Waals surface area contributed by atoms with Gasteiger partial charge in [-0.15, -0.1) is 0 Å². The molecule has 2 aromatic carbocycles. The number of hydrogen-bond acceptors (Lipinski definition) is 5. The summed E-state index contributed by atoms with van der Waals surface area (Å²) in [5.74, 6) is 1.17. The quantitative estimate of drug-likeness (QED) is 0.681. The molecule has 4 rings (SSSR count). The first-order valence-electron chi connectivity index (χ1n) is 10.1. The number of pyridine rings is 1. The number of rotatable bonds is 4. The molecule has 0 spiro atoms. The lowest BCUT2D eigenvalue weighted by atomic mass is 10.0. The number of aromatic nitrogens is 1. The molecule has 31 heavy (non-hydrogen) atoms. The second-order valence-corrected chi connectivity index (χ2v) is 7.36. The van der Waals surface area contributed by atoms with E-state index in [1.807, 2.05) is 45.0 Å². The number of nitrogens with zero attached hydrogens (tertiary/aromatic N) is 1. The highest BCUT2D eigenvalue weighted by atomic mass is 16.5. The molecular formula is C25H26N2O4. The van der Waals surface area contributed by atoms with Gasteiger partial charge in [0.25, 0.3) is 0 Å². The number of nitrogens with two attached hydrogens (primary N) is 1. The van der Waals surface area contributed by atoms with Crippen molar-refractivity contribution in [3.05, 3.63) is 88.2 Å². The lowest BCUT2D eigenvalue weighted by Gasteiger charge is -2.20. The van der Waals surface area contributed by atoms with Gasteiger partial charge >= 0.3 is 0 Å². The maximum Gasteiger partial charge on any atom is 0.248 e. The summed E-state index contributed by atoms with van der Waals surface area (Å²) in [6, 6.07) is 16.4. The Bertz CT molecular complexity index is 1070. The highest BCUT2D eigenvalue weighted by Gasteiger charge is 2.22. The highest BCUT2D eigenvalue weighted by molar-refractivity contribution is 6.00. The fraction of sp³-hybridized carbons (Fsp3) is 0.240. The van der Waals surface area contributed by atoms with Gasteiger partial charge in [0.2, 0.25) is 5.91 Å². The number of amides is 1. The topological polar surface area (TPSA) is 91.5 Å². The molecule has 0 saturated carbocycles. The van der Waals surface area contributed by atoms with E-state index >= 15 is 0 Å². The number of fused-ring (bicyclic) bond motifs is 1. The minimum absolute atomic E-state index is 0.135. The molecule has 1 aliphatic heterocycles. The summed E-state index contributed by atoms with van der Waals surface area (Å²) >= 11 is 0. The molecular weight excluding hydrogens is 392 g/mol. The zero-order valence-electron chi connectivity index (χ0n) is 18.0. The zero-order chi connectivity index (χ0) is 22.4. The van der Waals surface area contributed by atoms with Gasteiger partial charge in [-0.2, -0.15) is 0 Å². The number of ether oxygens (including phenoxy) is 2. The van der Waals surface area contributed by atoms with Gasteiger partial charge < -0.3 is 15.2 Å². The molecule has 6 heteroatoms. The van der Waals surface area contributed by atoms with Gasteiger partial charge in [0.05, 0.1) is 12.2 Å². The summed E-state index contributed by atoms with van der Waals surface area (Å²) in [5.41, 5.74) is 10.1. The average molecular weight is 418 g/mol. The van der Waals surface area contributed by atoms with Crippen LogP contribution in [0.1, 0.15) is 49.7 Å². The maximum atomic E-state index is 11.9. The van der Waals surface area contributed by atoms with Crippen LogP contribution in [0, 0.1) is 20.8 Å². The number of Topliss-reactive ketones (excluding diaryl/α,β-unsaturated/α-hetero) is 1. The van der Waals surface area contributed by atoms with E-state index in [0.717, 1.165) is 28.3 Å². The van der Waals surface area contributed by atoms with Gasteiger partial charge in [0, 0.05) is 28.9 Å². The predicted molar refractivity (Wildman–Crippen MR) is 119 cm³/mol. The van der Waals surface area contributed by atoms with E-state index in [4.69, 9.17) is 15.2 Å². The fourth-order valence-corrected chi connectivity index (χ4v) is 3.38. The largest absolute Gasteiger partial charge is 0.492 e. The van der Waals surface area contributed by atoms with Crippen LogP contribution in [0.2, 0.25) is 0 Å². The molecule has 0 radical (unpaired) electrons. The Morgan fingerprint density at radius 2 is 1.74 bits per heavy atom. The van der Waals surface area contributed by atoms with Crippen LogP contribution in [-0.4, -0.2) is 23.3 Å². The van der Waals surface area contributed by atoms with Crippen molar-refractivity contribution in [3.8, 4) is 11.5 Å². The van der Waals surface area contributed by atoms with Crippen molar-refractivity contribution in [3.63, 3.8) is 0 Å². The minimum atomic E-state index is -0.379. The van der Waals surface area contributed by atoms with E-state index in [0.29, 0.717) is 36.5 Å². The predicted octanol–water partition coefficient (Wildman–Crippen LogP) is 4.34. The van der Waals surface area contributed by atoms with Crippen LogP contribution < -0.4 is 15.2 Å². The molecule has 1 amide bonds. The van der Waals surface area contributed by atoms with Crippen molar-refractivity contribution >= 4 is 11.7 Å². The average Bonchev–Trinajstić information content (AvgIpc) is 2.74. The summed E-state index contributed by atoms with van der Waals surface area (Å²) in [7, 11) is 0. The van der Waals surface area contributed by atoms with Crippen molar-refractivity contribution < 1.29 is 19.1 Å². The number of benzene rings is 2. The van der Waals surface area contributed by atoms with Gasteiger partial charge in [-0.05, 0) is 62.7 Å². The third-order valence-electron chi connectivity index (χ3n) is 4.83. The number of aryl methyl sites for hydroxylation is 2. The van der Waals surface area contributed by atoms with E-state index in [1.54, 1.807) is 30.3 Å². The molecule has 2 heterocycles. The smallest absolute Gasteiger partial charge is 0.248 e. The summed E-state index contributed by atoms with van der Waals surface area (Å²) < 4.78 is 11.6. The lowest BCUT2D eigenvalue weighted by molar-refractivity contribution is 0.0931. The van der Waals surface area contributed by atoms with Crippen LogP contribution >= 0.6 is 0 Å². The number of primary amides is 1. The van der Waals surface area contributed by atoms with Gasteiger partial charge in [-0.25, -0.2) is 0 Å². The monoisotopic (exact) mass is 418 g/mol. The zero-order valence-corrected chi connectivity index (χ0v) is 18.0. The Balaban J connectivity index is 0.000000254. The molecule has 0 aliphatic carbocycles. The molecule has 0 saturated heterocycles. The van der Waals surface area contributed by atoms with Gasteiger partial charge in [-0.3, -0.25) is 14.6 Å². The fourth-order valence-electron chi connectivity index (χ4n) is 3.38. The molecule has 2 N–H and O–H groups in total. The molecule has 0 atom stereocenters. The highest BCUT2D eigenvalue weighted by Crippen LogP contribution is 2.35. The van der Waals surface area contributed by atoms with Crippen LogP contribution in [0.3, 0.4) is 0 Å². The number of carbonyl (C=O) groups excluding carboxylic acids is 2. The van der Waals surface area contributed by atoms with Crippen molar-refractivity contribution in [2.24, 2.45) is 5.73 Å². The molecule has 3 aromatic rings. The molecule has 0 fully saturated rings. The molecule has 0 unspecified atom stereocenters. The summed E-state index contributed by atoms with van der Waals surface area (Å²) in [6.45, 7) is 6.78. The first-order valence-corrected chi connectivity index (χ1v) is 10.1. The van der Waals surface area contributed by atoms with Crippen LogP contribution in [0.4, 0.5) is 0 Å². The lowest BCUT2D eigenvalue weighted by Crippen LogP contribution is -2.16. The number of hydrogen-bond donors (Lipinski definition) is 1. The second-order valence-electron chi connectivity index (χ2n) is 7.36. The summed E-state index contributed by atoms with van der Waals surface area (Å²) in [5, 5.41) is 0. The Morgan fingerprint density at radius 3 is 2.35 bits per heavy atom. The molecule has 1 aromatic heterocycles. The van der Waals surface area contributed by atoms with Crippen LogP contribution in [0.5, 0.6) is 11.5 Å². The van der Waals surface area contributed by atoms with Crippen molar-refractivity contribution in [2.75, 3.05) is 6.61 Å². The van der Waals surface area contributed by atoms with E-state index in [2.05, 4.69) is 4.98 Å². The summed E-state index contributed by atoms with van der Waals surface area (Å²) in [4.78, 5) is 26.7. The molecule has 1 aliphatic rings. The van der Waals surface area contributed by atoms with E-state index in [-0.39, 0.29) is 11.7 Å². The Labute approximate surface area is 182 Å². The van der Waals surface area contributed by atoms with Gasteiger partial charge in [-0.1, -0.05) is 18.2 Å². The van der Waals surface area contributed by atoms with Crippen molar-refractivity contribution in [2.45, 2.75) is 33.8 Å². The van der Waals surface area contributed by atoms with Crippen molar-refractivity contribution in [1.29, 1.82) is 0 Å². The third kappa shape index (κ3) is 5.69. The first kappa shape index (κ1) is 22.0. The molecule has 160 valence electrons. The Morgan fingerprint density at radius 1 is 1.06 bits per heavy atom. The van der Waals surface area contributed by atoms with Crippen LogP contribution in [0.25, 0.3) is 0 Å². The molecule has 0 bridgehead atoms. The van der Waals surface area contributed by atoms with Crippen LogP contribution in [-0.2, 0) is 6.61 Å². The third-order valence-corrected chi connectivity index (χ3v) is 4.83. The number of carbonyl (C=O) groups is 2. The van der Waals surface area contributed by atoms with Gasteiger partial charge in [0.15, 0.2) is 5.78 Å². The Hall–Kier alpha value is -3.67. The first-order chi connectivity index (χ1) is 14.8. The minimum Gasteiger partial charge on any atom is -0.492 e. The number of ketones is 1. The van der Waals surface area contributed by atoms with Crippen molar-refractivity contribution in [1.82, 2.24) is 4.98 Å². The van der Waals surface area contributed by atoms with Gasteiger partial charge in [0.1, 0.15) is 18.1 Å².